The van der Waals surface area contributed by atoms with Gasteiger partial charge in [-0.2, -0.15) is 11.8 Å². The first-order chi connectivity index (χ1) is 9.62. The molecule has 1 amide bonds. The summed E-state index contributed by atoms with van der Waals surface area (Å²) in [6, 6.07) is -0.420. The molecule has 0 bridgehead atoms. The quantitative estimate of drug-likeness (QED) is 0.767. The monoisotopic (exact) mass is 300 g/mol. The average Bonchev–Trinajstić information content (AvgIpc) is 2.43. The van der Waals surface area contributed by atoms with Crippen LogP contribution in [0, 0.1) is 5.41 Å². The minimum Gasteiger partial charge on any atom is -0.464 e. The third kappa shape index (κ3) is 3.28. The Labute approximate surface area is 124 Å². The van der Waals surface area contributed by atoms with Crippen LogP contribution in [0.25, 0.3) is 0 Å². The number of ether oxygens (including phenoxy) is 1. The van der Waals surface area contributed by atoms with Crippen molar-refractivity contribution in [1.29, 1.82) is 0 Å². The van der Waals surface area contributed by atoms with Gasteiger partial charge in [0, 0.05) is 24.5 Å². The standard InChI is InChI=1S/C14H24N2O3S/c1-2-19-13(18)11-9-20-7-6-16(11)12(17)8-14(10-15)4-3-5-14/h11H,2-10,15H2,1H3. The molecule has 0 aromatic heterocycles. The zero-order chi connectivity index (χ0) is 14.6. The summed E-state index contributed by atoms with van der Waals surface area (Å²) in [6.07, 6.45) is 3.69. The minimum atomic E-state index is -0.420. The van der Waals surface area contributed by atoms with Crippen LogP contribution in [-0.2, 0) is 14.3 Å². The lowest BCUT2D eigenvalue weighted by Gasteiger charge is -2.43. The van der Waals surface area contributed by atoms with Gasteiger partial charge in [0.15, 0.2) is 0 Å². The van der Waals surface area contributed by atoms with Gasteiger partial charge in [-0.05, 0) is 31.7 Å². The summed E-state index contributed by atoms with van der Waals surface area (Å²) >= 11 is 1.70. The molecule has 20 heavy (non-hydrogen) atoms. The summed E-state index contributed by atoms with van der Waals surface area (Å²) in [5, 5.41) is 0. The molecule has 114 valence electrons. The van der Waals surface area contributed by atoms with E-state index in [1.165, 1.54) is 0 Å². The SMILES string of the molecule is CCOC(=O)C1CSCCN1C(=O)CC1(CN)CCC1. The van der Waals surface area contributed by atoms with Gasteiger partial charge >= 0.3 is 5.97 Å². The van der Waals surface area contributed by atoms with E-state index in [0.29, 0.717) is 31.9 Å². The lowest BCUT2D eigenvalue weighted by molar-refractivity contribution is -0.155. The molecule has 0 aromatic rings. The number of carbonyl (C=O) groups is 2. The van der Waals surface area contributed by atoms with E-state index in [-0.39, 0.29) is 17.3 Å². The Morgan fingerprint density at radius 3 is 2.75 bits per heavy atom. The Hall–Kier alpha value is -0.750. The normalized spacial score (nSPS) is 24.9. The van der Waals surface area contributed by atoms with Gasteiger partial charge < -0.3 is 15.4 Å². The van der Waals surface area contributed by atoms with Gasteiger partial charge in [-0.25, -0.2) is 4.79 Å². The summed E-state index contributed by atoms with van der Waals surface area (Å²) < 4.78 is 5.09. The molecule has 1 atom stereocenters. The predicted octanol–water partition coefficient (Wildman–Crippen LogP) is 1.01. The molecule has 0 radical (unpaired) electrons. The van der Waals surface area contributed by atoms with E-state index in [4.69, 9.17) is 10.5 Å². The lowest BCUT2D eigenvalue weighted by atomic mass is 9.66. The van der Waals surface area contributed by atoms with Crippen LogP contribution in [0.15, 0.2) is 0 Å². The molecule has 5 nitrogen and oxygen atoms in total. The van der Waals surface area contributed by atoms with Gasteiger partial charge in [0.2, 0.25) is 5.91 Å². The van der Waals surface area contributed by atoms with Crippen LogP contribution in [-0.4, -0.2) is 54.0 Å². The van der Waals surface area contributed by atoms with Crippen LogP contribution >= 0.6 is 11.8 Å². The lowest BCUT2D eigenvalue weighted by Crippen LogP contribution is -2.53. The molecule has 2 aliphatic rings. The maximum Gasteiger partial charge on any atom is 0.329 e. The van der Waals surface area contributed by atoms with Crippen molar-refractivity contribution in [2.24, 2.45) is 11.1 Å². The number of rotatable bonds is 5. The van der Waals surface area contributed by atoms with Gasteiger partial charge in [0.1, 0.15) is 6.04 Å². The van der Waals surface area contributed by atoms with E-state index in [0.717, 1.165) is 25.0 Å². The van der Waals surface area contributed by atoms with Crippen molar-refractivity contribution >= 4 is 23.6 Å². The molecule has 1 heterocycles. The van der Waals surface area contributed by atoms with Crippen molar-refractivity contribution in [2.45, 2.75) is 38.6 Å². The maximum absolute atomic E-state index is 12.5. The number of nitrogens with zero attached hydrogens (tertiary/aromatic N) is 1. The molecule has 1 aliphatic heterocycles. The van der Waals surface area contributed by atoms with Crippen LogP contribution in [0.5, 0.6) is 0 Å². The fourth-order valence-electron chi connectivity index (χ4n) is 2.89. The molecular weight excluding hydrogens is 276 g/mol. The molecule has 2 N–H and O–H groups in total. The first-order valence-corrected chi connectivity index (χ1v) is 8.51. The second-order valence-corrected chi connectivity index (χ2v) is 6.81. The average molecular weight is 300 g/mol. The van der Waals surface area contributed by atoms with E-state index in [9.17, 15) is 9.59 Å². The Morgan fingerprint density at radius 1 is 1.45 bits per heavy atom. The topological polar surface area (TPSA) is 72.6 Å². The Balaban J connectivity index is 1.99. The summed E-state index contributed by atoms with van der Waals surface area (Å²) in [5.41, 5.74) is 5.81. The summed E-state index contributed by atoms with van der Waals surface area (Å²) in [7, 11) is 0. The van der Waals surface area contributed by atoms with Gasteiger partial charge in [0.25, 0.3) is 0 Å². The van der Waals surface area contributed by atoms with Gasteiger partial charge in [-0.3, -0.25) is 4.79 Å². The highest BCUT2D eigenvalue weighted by atomic mass is 32.2. The summed E-state index contributed by atoms with van der Waals surface area (Å²) in [4.78, 5) is 26.2. The fraction of sp³-hybridized carbons (Fsp3) is 0.857. The number of hydrogen-bond acceptors (Lipinski definition) is 5. The first kappa shape index (κ1) is 15.6. The van der Waals surface area contributed by atoms with Crippen molar-refractivity contribution in [3.8, 4) is 0 Å². The van der Waals surface area contributed by atoms with E-state index in [2.05, 4.69) is 0 Å². The summed E-state index contributed by atoms with van der Waals surface area (Å²) in [5.74, 6) is 1.31. The number of thioether (sulfide) groups is 1. The highest BCUT2D eigenvalue weighted by molar-refractivity contribution is 7.99. The van der Waals surface area contributed by atoms with Crippen molar-refractivity contribution in [2.75, 3.05) is 31.2 Å². The Kier molecular flexibility index (Phi) is 5.32. The highest BCUT2D eigenvalue weighted by Gasteiger charge is 2.41. The zero-order valence-corrected chi connectivity index (χ0v) is 12.9. The van der Waals surface area contributed by atoms with Gasteiger partial charge in [-0.15, -0.1) is 0 Å². The molecule has 2 fully saturated rings. The van der Waals surface area contributed by atoms with Crippen LogP contribution in [0.2, 0.25) is 0 Å². The van der Waals surface area contributed by atoms with E-state index < -0.39 is 6.04 Å². The number of nitrogens with two attached hydrogens (primary N) is 1. The minimum absolute atomic E-state index is 0.0130. The predicted molar refractivity (Wildman–Crippen MR) is 79.4 cm³/mol. The van der Waals surface area contributed by atoms with Crippen LogP contribution in [0.3, 0.4) is 0 Å². The van der Waals surface area contributed by atoms with Crippen LogP contribution in [0.1, 0.15) is 32.6 Å². The largest absolute Gasteiger partial charge is 0.464 e. The fourth-order valence-corrected chi connectivity index (χ4v) is 3.92. The molecule has 6 heteroatoms. The number of amides is 1. The number of esters is 1. The first-order valence-electron chi connectivity index (χ1n) is 7.36. The third-order valence-electron chi connectivity index (χ3n) is 4.38. The van der Waals surface area contributed by atoms with E-state index in [1.807, 2.05) is 0 Å². The molecule has 1 unspecified atom stereocenters. The molecule has 1 aliphatic carbocycles. The second kappa shape index (κ2) is 6.80. The van der Waals surface area contributed by atoms with E-state index >= 15 is 0 Å². The molecule has 0 aromatic carbocycles. The van der Waals surface area contributed by atoms with Crippen molar-refractivity contribution in [3.63, 3.8) is 0 Å². The maximum atomic E-state index is 12.5. The van der Waals surface area contributed by atoms with Gasteiger partial charge in [0.05, 0.1) is 6.61 Å². The third-order valence-corrected chi connectivity index (χ3v) is 5.40. The Morgan fingerprint density at radius 2 is 2.20 bits per heavy atom. The molecule has 2 rings (SSSR count). The smallest absolute Gasteiger partial charge is 0.329 e. The molecule has 1 saturated heterocycles. The molecule has 1 saturated carbocycles. The number of hydrogen-bond donors (Lipinski definition) is 1. The highest BCUT2D eigenvalue weighted by Crippen LogP contribution is 2.43. The second-order valence-electron chi connectivity index (χ2n) is 5.66. The van der Waals surface area contributed by atoms with Crippen LogP contribution < -0.4 is 5.73 Å². The number of carbonyl (C=O) groups excluding carboxylic acids is 2. The summed E-state index contributed by atoms with van der Waals surface area (Å²) in [6.45, 7) is 3.34. The zero-order valence-electron chi connectivity index (χ0n) is 12.1. The van der Waals surface area contributed by atoms with E-state index in [1.54, 1.807) is 23.6 Å². The molecular formula is C14H24N2O3S. The van der Waals surface area contributed by atoms with Gasteiger partial charge in [-0.1, -0.05) is 6.42 Å². The van der Waals surface area contributed by atoms with Crippen molar-refractivity contribution in [1.82, 2.24) is 4.90 Å². The van der Waals surface area contributed by atoms with Crippen molar-refractivity contribution in [3.05, 3.63) is 0 Å². The Bertz CT molecular complexity index is 366. The van der Waals surface area contributed by atoms with Crippen LogP contribution in [0.4, 0.5) is 0 Å². The van der Waals surface area contributed by atoms with Crippen molar-refractivity contribution < 1.29 is 14.3 Å². The molecule has 0 spiro atoms.